The molecule has 0 fully saturated rings. The van der Waals surface area contributed by atoms with Crippen molar-refractivity contribution in [1.82, 2.24) is 30.2 Å². The van der Waals surface area contributed by atoms with E-state index in [2.05, 4.69) is 32.5 Å². The average Bonchev–Trinajstić information content (AvgIpc) is 3.57. The fraction of sp³-hybridized carbons (Fsp3) is 0.214. The lowest BCUT2D eigenvalue weighted by atomic mass is 9.98. The largest absolute Gasteiger partial charge is 0.618 e. The summed E-state index contributed by atoms with van der Waals surface area (Å²) in [7, 11) is 0. The van der Waals surface area contributed by atoms with Crippen molar-refractivity contribution in [1.29, 1.82) is 0 Å². The second-order valence-electron chi connectivity index (χ2n) is 9.01. The third kappa shape index (κ3) is 4.92. The predicted octanol–water partition coefficient (Wildman–Crippen LogP) is 4.95. The number of tetrazole rings is 1. The van der Waals surface area contributed by atoms with Crippen LogP contribution in [-0.4, -0.2) is 36.0 Å². The number of ketones is 1. The number of nitrogens with one attached hydrogen (secondary N) is 1. The van der Waals surface area contributed by atoms with E-state index in [0.29, 0.717) is 29.2 Å². The van der Waals surface area contributed by atoms with Gasteiger partial charge in [-0.05, 0) is 34.4 Å². The number of nitrogens with zero attached hydrogens (tertiary/aromatic N) is 6. The molecule has 0 radical (unpaired) electrons. The Morgan fingerprint density at radius 2 is 1.82 bits per heavy atom. The highest BCUT2D eigenvalue weighted by Crippen LogP contribution is 2.30. The SMILES string of the molecule is CCCCc1nc(Cl)c(C(=O)c2cccc(C)[n+]2[O-])n1Cc1ccc(-c2ccccc2-c2nn[nH]n2)cc1. The summed E-state index contributed by atoms with van der Waals surface area (Å²) in [4.78, 5) is 18.1. The summed E-state index contributed by atoms with van der Waals surface area (Å²) < 4.78 is 2.47. The number of halogens is 1. The van der Waals surface area contributed by atoms with Gasteiger partial charge < -0.3 is 9.77 Å². The van der Waals surface area contributed by atoms with Crippen LogP contribution in [-0.2, 0) is 13.0 Å². The lowest BCUT2D eigenvalue weighted by Crippen LogP contribution is -2.38. The molecule has 38 heavy (non-hydrogen) atoms. The van der Waals surface area contributed by atoms with Crippen LogP contribution in [0.2, 0.25) is 5.15 Å². The Hall–Kier alpha value is -4.37. The number of carbonyl (C=O) groups is 1. The van der Waals surface area contributed by atoms with E-state index in [1.165, 1.54) is 6.07 Å². The molecule has 0 saturated heterocycles. The highest BCUT2D eigenvalue weighted by molar-refractivity contribution is 6.33. The average molecular weight is 528 g/mol. The molecule has 3 heterocycles. The Morgan fingerprint density at radius 3 is 2.53 bits per heavy atom. The lowest BCUT2D eigenvalue weighted by Gasteiger charge is -2.13. The number of carbonyl (C=O) groups excluding carboxylic acids is 1. The molecule has 0 aliphatic carbocycles. The second-order valence-corrected chi connectivity index (χ2v) is 9.37. The highest BCUT2D eigenvalue weighted by Gasteiger charge is 2.28. The zero-order valence-electron chi connectivity index (χ0n) is 21.1. The molecular weight excluding hydrogens is 502 g/mol. The minimum absolute atomic E-state index is 0.0171. The van der Waals surface area contributed by atoms with E-state index in [0.717, 1.165) is 40.9 Å². The van der Waals surface area contributed by atoms with Crippen molar-refractivity contribution in [2.75, 3.05) is 0 Å². The van der Waals surface area contributed by atoms with Crippen LogP contribution in [0.3, 0.4) is 0 Å². The molecule has 0 bridgehead atoms. The van der Waals surface area contributed by atoms with Gasteiger partial charge in [0.2, 0.25) is 5.82 Å². The zero-order chi connectivity index (χ0) is 26.6. The van der Waals surface area contributed by atoms with Gasteiger partial charge in [-0.2, -0.15) is 9.94 Å². The van der Waals surface area contributed by atoms with Crippen molar-refractivity contribution < 1.29 is 9.52 Å². The van der Waals surface area contributed by atoms with Gasteiger partial charge in [-0.25, -0.2) is 4.98 Å². The van der Waals surface area contributed by atoms with Crippen molar-refractivity contribution in [3.8, 4) is 22.5 Å². The maximum absolute atomic E-state index is 13.5. The molecule has 0 amide bonds. The molecule has 3 aromatic heterocycles. The maximum atomic E-state index is 13.5. The first-order chi connectivity index (χ1) is 18.5. The standard InChI is InChI=1S/C28H26ClN7O2/c1-3-4-12-24-30-27(29)25(26(37)23-11-7-8-18(2)36(23)38)35(24)17-19-13-15-20(16-14-19)21-9-5-6-10-22(21)28-31-33-34-32-28/h5-11,13-16H,3-4,12,17H2,1-2H3,(H,31,32,33,34). The number of rotatable bonds is 9. The van der Waals surface area contributed by atoms with Crippen molar-refractivity contribution in [2.45, 2.75) is 39.7 Å². The Morgan fingerprint density at radius 1 is 1.05 bits per heavy atom. The minimum atomic E-state index is -0.449. The quantitative estimate of drug-likeness (QED) is 0.165. The van der Waals surface area contributed by atoms with Gasteiger partial charge in [0.15, 0.2) is 10.8 Å². The first-order valence-electron chi connectivity index (χ1n) is 12.4. The zero-order valence-corrected chi connectivity index (χ0v) is 21.8. The summed E-state index contributed by atoms with van der Waals surface area (Å²) in [5, 5.41) is 27.2. The Bertz CT molecular complexity index is 1580. The van der Waals surface area contributed by atoms with E-state index >= 15 is 0 Å². The van der Waals surface area contributed by atoms with Gasteiger partial charge in [0.05, 0.1) is 0 Å². The van der Waals surface area contributed by atoms with Gasteiger partial charge in [0.1, 0.15) is 11.5 Å². The number of hydrogen-bond donors (Lipinski definition) is 1. The molecule has 0 spiro atoms. The monoisotopic (exact) mass is 527 g/mol. The van der Waals surface area contributed by atoms with Gasteiger partial charge in [-0.15, -0.1) is 10.2 Å². The van der Waals surface area contributed by atoms with E-state index < -0.39 is 5.78 Å². The third-order valence-corrected chi connectivity index (χ3v) is 6.72. The van der Waals surface area contributed by atoms with E-state index in [1.807, 2.05) is 53.1 Å². The van der Waals surface area contributed by atoms with E-state index in [1.54, 1.807) is 19.1 Å². The molecule has 192 valence electrons. The molecular formula is C28H26ClN7O2. The normalized spacial score (nSPS) is 11.1. The molecule has 10 heteroatoms. The summed E-state index contributed by atoms with van der Waals surface area (Å²) in [5.41, 5.74) is 4.47. The molecule has 0 aliphatic rings. The molecule has 2 aromatic carbocycles. The van der Waals surface area contributed by atoms with Crippen molar-refractivity contribution >= 4 is 17.4 Å². The number of H-pyrrole nitrogens is 1. The van der Waals surface area contributed by atoms with E-state index in [4.69, 9.17) is 11.6 Å². The Balaban J connectivity index is 1.50. The van der Waals surface area contributed by atoms with Gasteiger partial charge in [-0.3, -0.25) is 4.79 Å². The van der Waals surface area contributed by atoms with Gasteiger partial charge in [0, 0.05) is 37.6 Å². The number of aromatic nitrogens is 7. The fourth-order valence-electron chi connectivity index (χ4n) is 4.45. The summed E-state index contributed by atoms with van der Waals surface area (Å²) in [6, 6.07) is 20.8. The third-order valence-electron chi connectivity index (χ3n) is 6.46. The molecule has 0 atom stereocenters. The molecule has 0 aliphatic heterocycles. The summed E-state index contributed by atoms with van der Waals surface area (Å²) >= 11 is 6.52. The molecule has 1 N–H and O–H groups in total. The maximum Gasteiger partial charge on any atom is 0.277 e. The topological polar surface area (TPSA) is 116 Å². The van der Waals surface area contributed by atoms with Crippen LogP contribution in [0, 0.1) is 12.1 Å². The van der Waals surface area contributed by atoms with Gasteiger partial charge >= 0.3 is 0 Å². The summed E-state index contributed by atoms with van der Waals surface area (Å²) in [6.07, 6.45) is 2.55. The van der Waals surface area contributed by atoms with Crippen LogP contribution in [0.15, 0.2) is 66.7 Å². The number of aromatic amines is 1. The van der Waals surface area contributed by atoms with Gasteiger partial charge in [-0.1, -0.05) is 73.5 Å². The number of aryl methyl sites for hydroxylation is 2. The summed E-state index contributed by atoms with van der Waals surface area (Å²) in [6.45, 7) is 4.14. The van der Waals surface area contributed by atoms with Crippen LogP contribution in [0.25, 0.3) is 22.5 Å². The number of benzene rings is 2. The lowest BCUT2D eigenvalue weighted by molar-refractivity contribution is -0.614. The molecule has 0 unspecified atom stereocenters. The van der Waals surface area contributed by atoms with Crippen LogP contribution in [0.4, 0.5) is 0 Å². The predicted molar refractivity (Wildman–Crippen MR) is 144 cm³/mol. The van der Waals surface area contributed by atoms with Crippen LogP contribution in [0.1, 0.15) is 53.0 Å². The number of pyridine rings is 1. The second kappa shape index (κ2) is 10.9. The van der Waals surface area contributed by atoms with Crippen LogP contribution in [0.5, 0.6) is 0 Å². The molecule has 9 nitrogen and oxygen atoms in total. The minimum Gasteiger partial charge on any atom is -0.618 e. The first kappa shape index (κ1) is 25.3. The fourth-order valence-corrected chi connectivity index (χ4v) is 4.74. The molecule has 5 aromatic rings. The highest BCUT2D eigenvalue weighted by atomic mass is 35.5. The van der Waals surface area contributed by atoms with Crippen molar-refractivity contribution in [2.24, 2.45) is 0 Å². The number of hydrogen-bond acceptors (Lipinski definition) is 6. The Kier molecular flexibility index (Phi) is 7.28. The smallest absolute Gasteiger partial charge is 0.277 e. The number of unbranched alkanes of at least 4 members (excludes halogenated alkanes) is 1. The van der Waals surface area contributed by atoms with E-state index in [-0.39, 0.29) is 16.5 Å². The van der Waals surface area contributed by atoms with Crippen molar-refractivity contribution in [3.05, 3.63) is 106 Å². The number of imidazole rings is 1. The van der Waals surface area contributed by atoms with Crippen molar-refractivity contribution in [3.63, 3.8) is 0 Å². The van der Waals surface area contributed by atoms with Gasteiger partial charge in [0.25, 0.3) is 11.5 Å². The van der Waals surface area contributed by atoms with Crippen LogP contribution >= 0.6 is 11.6 Å². The molecule has 5 rings (SSSR count). The Labute approximate surface area is 224 Å². The molecule has 0 saturated carbocycles. The van der Waals surface area contributed by atoms with E-state index in [9.17, 15) is 10.0 Å². The van der Waals surface area contributed by atoms with Crippen LogP contribution < -0.4 is 4.73 Å². The summed E-state index contributed by atoms with van der Waals surface area (Å²) in [5.74, 6) is 0.791. The first-order valence-corrected chi connectivity index (χ1v) is 12.8.